The largest absolute Gasteiger partial charge is 0.508 e. The van der Waals surface area contributed by atoms with E-state index in [-0.39, 0.29) is 29.2 Å². The van der Waals surface area contributed by atoms with Crippen molar-refractivity contribution in [3.8, 4) is 5.75 Å². The topological polar surface area (TPSA) is 154 Å². The van der Waals surface area contributed by atoms with Crippen LogP contribution in [0, 0.1) is 37.0 Å². The third-order valence-electron chi connectivity index (χ3n) is 8.92. The molecular formula is C30H39N5O5. The molecule has 4 aliphatic rings. The van der Waals surface area contributed by atoms with E-state index in [0.717, 1.165) is 37.7 Å². The number of aryl methyl sites for hydroxylation is 3. The Kier molecular flexibility index (Phi) is 7.96. The van der Waals surface area contributed by atoms with Gasteiger partial charge in [-0.05, 0) is 101 Å². The minimum absolute atomic E-state index is 0.0673. The highest BCUT2D eigenvalue weighted by atomic mass is 16.4. The normalized spacial score (nSPS) is 25.3. The first-order chi connectivity index (χ1) is 19.1. The summed E-state index contributed by atoms with van der Waals surface area (Å²) in [4.78, 5) is 47.2. The van der Waals surface area contributed by atoms with Crippen LogP contribution in [0.1, 0.15) is 72.3 Å². The molecule has 0 saturated heterocycles. The van der Waals surface area contributed by atoms with E-state index in [4.69, 9.17) is 0 Å². The molecule has 0 radical (unpaired) electrons. The molecule has 10 nitrogen and oxygen atoms in total. The van der Waals surface area contributed by atoms with Gasteiger partial charge in [-0.15, -0.1) is 0 Å². The zero-order valence-electron chi connectivity index (χ0n) is 23.2. The Labute approximate surface area is 234 Å². The van der Waals surface area contributed by atoms with Crippen molar-refractivity contribution in [3.05, 3.63) is 46.8 Å². The van der Waals surface area contributed by atoms with Crippen LogP contribution in [-0.4, -0.2) is 57.1 Å². The average molecular weight is 550 g/mol. The summed E-state index contributed by atoms with van der Waals surface area (Å²) < 4.78 is 0. The summed E-state index contributed by atoms with van der Waals surface area (Å²) in [5.41, 5.74) is 1.74. The Hall–Kier alpha value is -3.69. The Morgan fingerprint density at radius 3 is 2.23 bits per heavy atom. The van der Waals surface area contributed by atoms with Gasteiger partial charge in [0.25, 0.3) is 5.91 Å². The highest BCUT2D eigenvalue weighted by Gasteiger charge is 2.54. The number of carbonyl (C=O) groups is 3. The monoisotopic (exact) mass is 549 g/mol. The molecule has 214 valence electrons. The van der Waals surface area contributed by atoms with Crippen molar-refractivity contribution in [2.75, 3.05) is 18.4 Å². The molecule has 40 heavy (non-hydrogen) atoms. The molecule has 2 amide bonds. The number of carboxylic acid groups (broad SMARTS) is 1. The van der Waals surface area contributed by atoms with E-state index in [2.05, 4.69) is 25.9 Å². The van der Waals surface area contributed by atoms with Crippen LogP contribution in [0.3, 0.4) is 0 Å². The van der Waals surface area contributed by atoms with E-state index in [1.807, 2.05) is 12.1 Å². The quantitative estimate of drug-likeness (QED) is 0.268. The standard InChI is InChI=1S/C30H39N5O5/c1-17-25(18(2)34-29(33-17)31-8-4-6-19-5-3-7-23(36)12-19)26(37)35-24(27(38)39)16-32-28(40)30-13-20-9-21(14-30)11-22(10-20)15-30/h3,5,7,12,20-22,24,36H,4,6,8-11,13-16H2,1-2H3,(H,32,40)(H,35,37)(H,38,39)(H,31,33,34). The first-order valence-electron chi connectivity index (χ1n) is 14.3. The fourth-order valence-corrected chi connectivity index (χ4v) is 7.53. The molecule has 5 N–H and O–H groups in total. The molecule has 1 aromatic carbocycles. The lowest BCUT2D eigenvalue weighted by Gasteiger charge is -2.55. The number of rotatable bonds is 11. The third-order valence-corrected chi connectivity index (χ3v) is 8.92. The third kappa shape index (κ3) is 6.05. The highest BCUT2D eigenvalue weighted by Crippen LogP contribution is 2.60. The lowest BCUT2D eigenvalue weighted by Crippen LogP contribution is -2.56. The van der Waals surface area contributed by atoms with E-state index in [1.54, 1.807) is 26.0 Å². The van der Waals surface area contributed by atoms with Crippen LogP contribution < -0.4 is 16.0 Å². The van der Waals surface area contributed by atoms with Gasteiger partial charge in [0.1, 0.15) is 11.8 Å². The summed E-state index contributed by atoms with van der Waals surface area (Å²) >= 11 is 0. The van der Waals surface area contributed by atoms with Crippen LogP contribution in [0.4, 0.5) is 5.95 Å². The van der Waals surface area contributed by atoms with Crippen molar-refractivity contribution in [2.24, 2.45) is 23.2 Å². The molecule has 4 saturated carbocycles. The zero-order valence-corrected chi connectivity index (χ0v) is 23.2. The minimum Gasteiger partial charge on any atom is -0.508 e. The van der Waals surface area contributed by atoms with E-state index in [1.165, 1.54) is 19.3 Å². The SMILES string of the molecule is Cc1nc(NCCCc2cccc(O)c2)nc(C)c1C(=O)NC(CNC(=O)C12CC3CC(CC(C3)C1)C2)C(=O)O. The summed E-state index contributed by atoms with van der Waals surface area (Å²) in [5.74, 6) is 0.588. The molecule has 0 aliphatic heterocycles. The van der Waals surface area contributed by atoms with Gasteiger partial charge in [-0.2, -0.15) is 0 Å². The van der Waals surface area contributed by atoms with Gasteiger partial charge in [0.05, 0.1) is 17.0 Å². The Balaban J connectivity index is 1.15. The van der Waals surface area contributed by atoms with Gasteiger partial charge >= 0.3 is 5.97 Å². The Morgan fingerprint density at radius 2 is 1.65 bits per heavy atom. The second-order valence-corrected chi connectivity index (χ2v) is 12.1. The number of aromatic nitrogens is 2. The molecule has 2 aromatic rings. The molecule has 10 heteroatoms. The van der Waals surface area contributed by atoms with E-state index in [0.29, 0.717) is 41.6 Å². The predicted molar refractivity (Wildman–Crippen MR) is 149 cm³/mol. The summed E-state index contributed by atoms with van der Waals surface area (Å²) in [6.07, 6.45) is 7.89. The number of carboxylic acids is 1. The van der Waals surface area contributed by atoms with Gasteiger partial charge in [0.2, 0.25) is 11.9 Å². The number of benzene rings is 1. The van der Waals surface area contributed by atoms with Gasteiger partial charge in [-0.25, -0.2) is 14.8 Å². The van der Waals surface area contributed by atoms with Gasteiger partial charge in [0, 0.05) is 18.5 Å². The number of nitrogens with one attached hydrogen (secondary N) is 3. The van der Waals surface area contributed by atoms with Crippen LogP contribution in [0.5, 0.6) is 5.75 Å². The van der Waals surface area contributed by atoms with E-state index >= 15 is 0 Å². The van der Waals surface area contributed by atoms with Gasteiger partial charge in [-0.3, -0.25) is 9.59 Å². The fourth-order valence-electron chi connectivity index (χ4n) is 7.53. The maximum Gasteiger partial charge on any atom is 0.328 e. The number of carbonyl (C=O) groups excluding carboxylic acids is 2. The maximum absolute atomic E-state index is 13.3. The van der Waals surface area contributed by atoms with Crippen LogP contribution in [-0.2, 0) is 16.0 Å². The smallest absolute Gasteiger partial charge is 0.328 e. The molecular weight excluding hydrogens is 510 g/mol. The van der Waals surface area contributed by atoms with Crippen LogP contribution in [0.25, 0.3) is 0 Å². The number of phenolic OH excluding ortho intramolecular Hbond substituents is 1. The van der Waals surface area contributed by atoms with Crippen LogP contribution >= 0.6 is 0 Å². The molecule has 1 unspecified atom stereocenters. The number of nitrogens with zero attached hydrogens (tertiary/aromatic N) is 2. The average Bonchev–Trinajstić information content (AvgIpc) is 2.87. The minimum atomic E-state index is -1.26. The van der Waals surface area contributed by atoms with Gasteiger partial charge in [0.15, 0.2) is 0 Å². The lowest BCUT2D eigenvalue weighted by atomic mass is 9.49. The number of hydrogen-bond acceptors (Lipinski definition) is 7. The fraction of sp³-hybridized carbons (Fsp3) is 0.567. The first kappa shape index (κ1) is 27.9. The predicted octanol–water partition coefficient (Wildman–Crippen LogP) is 3.36. The first-order valence-corrected chi connectivity index (χ1v) is 14.3. The summed E-state index contributed by atoms with van der Waals surface area (Å²) in [5, 5.41) is 28.0. The lowest BCUT2D eigenvalue weighted by molar-refractivity contribution is -0.146. The molecule has 6 rings (SSSR count). The number of anilines is 1. The zero-order chi connectivity index (χ0) is 28.4. The van der Waals surface area contributed by atoms with Crippen molar-refractivity contribution >= 4 is 23.7 Å². The summed E-state index contributed by atoms with van der Waals surface area (Å²) in [6, 6.07) is 5.87. The van der Waals surface area contributed by atoms with Crippen molar-refractivity contribution in [2.45, 2.75) is 71.3 Å². The van der Waals surface area contributed by atoms with Gasteiger partial charge < -0.3 is 26.2 Å². The second kappa shape index (κ2) is 11.4. The molecule has 0 spiro atoms. The van der Waals surface area contributed by atoms with E-state index < -0.39 is 17.9 Å². The van der Waals surface area contributed by atoms with E-state index in [9.17, 15) is 24.6 Å². The second-order valence-electron chi connectivity index (χ2n) is 12.1. The Morgan fingerprint density at radius 1 is 1.02 bits per heavy atom. The summed E-state index contributed by atoms with van der Waals surface area (Å²) in [6.45, 7) is 3.81. The highest BCUT2D eigenvalue weighted by molar-refractivity contribution is 5.98. The molecule has 4 fully saturated rings. The maximum atomic E-state index is 13.3. The molecule has 1 aromatic heterocycles. The summed E-state index contributed by atoms with van der Waals surface area (Å²) in [7, 11) is 0. The van der Waals surface area contributed by atoms with Crippen molar-refractivity contribution in [1.82, 2.24) is 20.6 Å². The van der Waals surface area contributed by atoms with Crippen LogP contribution in [0.2, 0.25) is 0 Å². The molecule has 4 aliphatic carbocycles. The van der Waals surface area contributed by atoms with Crippen molar-refractivity contribution < 1.29 is 24.6 Å². The molecule has 4 bridgehead atoms. The van der Waals surface area contributed by atoms with Crippen molar-refractivity contribution in [1.29, 1.82) is 0 Å². The number of aromatic hydroxyl groups is 1. The molecule has 1 heterocycles. The van der Waals surface area contributed by atoms with Crippen molar-refractivity contribution in [3.63, 3.8) is 0 Å². The number of amides is 2. The molecule has 1 atom stereocenters. The Bertz CT molecular complexity index is 1240. The number of aliphatic carboxylic acids is 1. The number of phenols is 1. The van der Waals surface area contributed by atoms with Gasteiger partial charge in [-0.1, -0.05) is 12.1 Å². The van der Waals surface area contributed by atoms with Crippen LogP contribution in [0.15, 0.2) is 24.3 Å². The number of hydrogen-bond donors (Lipinski definition) is 5.